The Labute approximate surface area is 148 Å². The van der Waals surface area contributed by atoms with Gasteiger partial charge in [-0.25, -0.2) is 13.2 Å². The van der Waals surface area contributed by atoms with Crippen molar-refractivity contribution in [1.82, 2.24) is 9.62 Å². The van der Waals surface area contributed by atoms with Crippen LogP contribution in [0.2, 0.25) is 0 Å². The van der Waals surface area contributed by atoms with Gasteiger partial charge in [0.15, 0.2) is 0 Å². The van der Waals surface area contributed by atoms with E-state index in [4.69, 9.17) is 4.74 Å². The molecule has 1 saturated heterocycles. The zero-order chi connectivity index (χ0) is 18.3. The number of hydrogen-bond donors (Lipinski definition) is 1. The van der Waals surface area contributed by atoms with Crippen LogP contribution in [0.5, 0.6) is 0 Å². The zero-order valence-corrected chi connectivity index (χ0v) is 15.2. The van der Waals surface area contributed by atoms with Gasteiger partial charge in [-0.1, -0.05) is 12.8 Å². The molecule has 1 aromatic carbocycles. The fourth-order valence-electron chi connectivity index (χ4n) is 2.65. The van der Waals surface area contributed by atoms with Gasteiger partial charge in [0.1, 0.15) is 6.61 Å². The third-order valence-corrected chi connectivity index (χ3v) is 5.91. The van der Waals surface area contributed by atoms with Crippen LogP contribution in [0, 0.1) is 0 Å². The Balaban J connectivity index is 1.98. The molecule has 8 heteroatoms. The molecular formula is C17H24N2O5S. The van der Waals surface area contributed by atoms with E-state index in [1.54, 1.807) is 0 Å². The monoisotopic (exact) mass is 368 g/mol. The van der Waals surface area contributed by atoms with E-state index in [-0.39, 0.29) is 29.5 Å². The lowest BCUT2D eigenvalue weighted by molar-refractivity contribution is -0.119. The summed E-state index contributed by atoms with van der Waals surface area (Å²) < 4.78 is 31.9. The SMILES string of the molecule is CC(=O)NCCOC(=O)c1ccc(S(=O)(=O)N2CCCCCC2)cc1. The van der Waals surface area contributed by atoms with Crippen molar-refractivity contribution in [2.45, 2.75) is 37.5 Å². The van der Waals surface area contributed by atoms with Crippen molar-refractivity contribution in [3.8, 4) is 0 Å². The molecule has 1 aliphatic heterocycles. The molecule has 138 valence electrons. The largest absolute Gasteiger partial charge is 0.460 e. The molecule has 1 amide bonds. The number of nitrogens with one attached hydrogen (secondary N) is 1. The predicted molar refractivity (Wildman–Crippen MR) is 92.6 cm³/mol. The van der Waals surface area contributed by atoms with E-state index in [1.807, 2.05) is 0 Å². The summed E-state index contributed by atoms with van der Waals surface area (Å²) in [5.74, 6) is -0.747. The van der Waals surface area contributed by atoms with E-state index >= 15 is 0 Å². The van der Waals surface area contributed by atoms with Crippen LogP contribution in [0.1, 0.15) is 43.0 Å². The summed E-state index contributed by atoms with van der Waals surface area (Å²) in [6.45, 7) is 2.75. The number of esters is 1. The lowest BCUT2D eigenvalue weighted by Gasteiger charge is -2.20. The fourth-order valence-corrected chi connectivity index (χ4v) is 4.17. The molecule has 1 N–H and O–H groups in total. The van der Waals surface area contributed by atoms with Crippen molar-refractivity contribution >= 4 is 21.9 Å². The quantitative estimate of drug-likeness (QED) is 0.607. The van der Waals surface area contributed by atoms with Crippen LogP contribution < -0.4 is 5.32 Å². The minimum atomic E-state index is -3.52. The fraction of sp³-hybridized carbons (Fsp3) is 0.529. The normalized spacial score (nSPS) is 16.0. The first kappa shape index (κ1) is 19.4. The van der Waals surface area contributed by atoms with Gasteiger partial charge in [0.05, 0.1) is 17.0 Å². The molecular weight excluding hydrogens is 344 g/mol. The Kier molecular flexibility index (Phi) is 6.95. The first-order valence-corrected chi connectivity index (χ1v) is 9.87. The standard InChI is InChI=1S/C17H24N2O5S/c1-14(20)18-10-13-24-17(21)15-6-8-16(9-7-15)25(22,23)19-11-4-2-3-5-12-19/h6-9H,2-5,10-13H2,1H3,(H,18,20). The maximum Gasteiger partial charge on any atom is 0.338 e. The van der Waals surface area contributed by atoms with Crippen molar-refractivity contribution in [3.05, 3.63) is 29.8 Å². The van der Waals surface area contributed by atoms with Gasteiger partial charge in [0.2, 0.25) is 15.9 Å². The average Bonchev–Trinajstić information content (AvgIpc) is 2.88. The molecule has 0 aromatic heterocycles. The number of hydrogen-bond acceptors (Lipinski definition) is 5. The number of amides is 1. The van der Waals surface area contributed by atoms with Gasteiger partial charge in [-0.3, -0.25) is 4.79 Å². The van der Waals surface area contributed by atoms with Crippen LogP contribution in [0.3, 0.4) is 0 Å². The number of carbonyl (C=O) groups is 2. The maximum absolute atomic E-state index is 12.7. The molecule has 25 heavy (non-hydrogen) atoms. The molecule has 1 aromatic rings. The highest BCUT2D eigenvalue weighted by atomic mass is 32.2. The summed E-state index contributed by atoms with van der Waals surface area (Å²) in [5, 5.41) is 2.52. The van der Waals surface area contributed by atoms with E-state index in [0.717, 1.165) is 25.7 Å². The topological polar surface area (TPSA) is 92.8 Å². The van der Waals surface area contributed by atoms with E-state index in [0.29, 0.717) is 13.1 Å². The minimum Gasteiger partial charge on any atom is -0.460 e. The summed E-state index contributed by atoms with van der Waals surface area (Å²) in [5.41, 5.74) is 0.276. The van der Waals surface area contributed by atoms with E-state index in [2.05, 4.69) is 5.32 Å². The van der Waals surface area contributed by atoms with Gasteiger partial charge in [-0.05, 0) is 37.1 Å². The number of rotatable bonds is 6. The third-order valence-electron chi connectivity index (χ3n) is 4.00. The van der Waals surface area contributed by atoms with Crippen molar-refractivity contribution in [2.24, 2.45) is 0 Å². The van der Waals surface area contributed by atoms with Gasteiger partial charge in [0.25, 0.3) is 0 Å². The maximum atomic E-state index is 12.7. The number of benzene rings is 1. The highest BCUT2D eigenvalue weighted by Gasteiger charge is 2.25. The Hall–Kier alpha value is -1.93. The molecule has 1 aliphatic rings. The molecule has 0 aliphatic carbocycles. The van der Waals surface area contributed by atoms with E-state index in [1.165, 1.54) is 35.5 Å². The molecule has 0 unspecified atom stereocenters. The molecule has 0 saturated carbocycles. The first-order valence-electron chi connectivity index (χ1n) is 8.43. The predicted octanol–water partition coefficient (Wildman–Crippen LogP) is 1.54. The Bertz CT molecular complexity index is 692. The molecule has 0 radical (unpaired) electrons. The van der Waals surface area contributed by atoms with Crippen LogP contribution in [-0.2, 0) is 19.6 Å². The van der Waals surface area contributed by atoms with E-state index < -0.39 is 16.0 Å². The molecule has 0 spiro atoms. The van der Waals surface area contributed by atoms with Gasteiger partial charge in [-0.15, -0.1) is 0 Å². The number of ether oxygens (including phenoxy) is 1. The lowest BCUT2D eigenvalue weighted by Crippen LogP contribution is -2.31. The second-order valence-electron chi connectivity index (χ2n) is 5.96. The van der Waals surface area contributed by atoms with E-state index in [9.17, 15) is 18.0 Å². The Morgan fingerprint density at radius 2 is 1.68 bits per heavy atom. The van der Waals surface area contributed by atoms with Crippen LogP contribution in [-0.4, -0.2) is 50.8 Å². The molecule has 1 heterocycles. The number of carbonyl (C=O) groups excluding carboxylic acids is 2. The van der Waals surface area contributed by atoms with Gasteiger partial charge in [0, 0.05) is 20.0 Å². The second-order valence-corrected chi connectivity index (χ2v) is 7.90. The first-order chi connectivity index (χ1) is 11.9. The van der Waals surface area contributed by atoms with Crippen molar-refractivity contribution in [1.29, 1.82) is 0 Å². The second kappa shape index (κ2) is 8.96. The molecule has 7 nitrogen and oxygen atoms in total. The molecule has 0 atom stereocenters. The van der Waals surface area contributed by atoms with Crippen molar-refractivity contribution in [3.63, 3.8) is 0 Å². The van der Waals surface area contributed by atoms with Crippen LogP contribution >= 0.6 is 0 Å². The molecule has 0 bridgehead atoms. The molecule has 1 fully saturated rings. The van der Waals surface area contributed by atoms with Gasteiger partial charge in [-0.2, -0.15) is 4.31 Å². The average molecular weight is 368 g/mol. The lowest BCUT2D eigenvalue weighted by atomic mass is 10.2. The Morgan fingerprint density at radius 3 is 2.24 bits per heavy atom. The van der Waals surface area contributed by atoms with Gasteiger partial charge < -0.3 is 10.1 Å². The summed E-state index contributed by atoms with van der Waals surface area (Å²) >= 11 is 0. The smallest absolute Gasteiger partial charge is 0.338 e. The number of sulfonamides is 1. The Morgan fingerprint density at radius 1 is 1.08 bits per heavy atom. The van der Waals surface area contributed by atoms with Crippen LogP contribution in [0.4, 0.5) is 0 Å². The summed E-state index contributed by atoms with van der Waals surface area (Å²) in [6.07, 6.45) is 3.85. The molecule has 2 rings (SSSR count). The highest BCUT2D eigenvalue weighted by molar-refractivity contribution is 7.89. The highest BCUT2D eigenvalue weighted by Crippen LogP contribution is 2.20. The van der Waals surface area contributed by atoms with Gasteiger partial charge >= 0.3 is 5.97 Å². The zero-order valence-electron chi connectivity index (χ0n) is 14.4. The summed E-state index contributed by atoms with van der Waals surface area (Å²) in [6, 6.07) is 5.77. The van der Waals surface area contributed by atoms with Crippen molar-refractivity contribution in [2.75, 3.05) is 26.2 Å². The van der Waals surface area contributed by atoms with Crippen LogP contribution in [0.25, 0.3) is 0 Å². The third kappa shape index (κ3) is 5.54. The minimum absolute atomic E-state index is 0.0617. The summed E-state index contributed by atoms with van der Waals surface area (Å²) in [4.78, 5) is 22.8. The van der Waals surface area contributed by atoms with Crippen molar-refractivity contribution < 1.29 is 22.7 Å². The summed E-state index contributed by atoms with van der Waals surface area (Å²) in [7, 11) is -3.52. The van der Waals surface area contributed by atoms with Crippen LogP contribution in [0.15, 0.2) is 29.2 Å². The number of nitrogens with zero attached hydrogens (tertiary/aromatic N) is 1.